The van der Waals surface area contributed by atoms with Crippen LogP contribution in [-0.2, 0) is 28.5 Å². The second-order valence-corrected chi connectivity index (χ2v) is 2.99. The van der Waals surface area contributed by atoms with Gasteiger partial charge in [0.05, 0.1) is 6.61 Å². The summed E-state index contributed by atoms with van der Waals surface area (Å²) < 4.78 is 19.0. The van der Waals surface area contributed by atoms with Crippen LogP contribution in [0.1, 0.15) is 6.92 Å². The Bertz CT molecular complexity index is 268. The van der Waals surface area contributed by atoms with Crippen molar-refractivity contribution in [3.63, 3.8) is 0 Å². The van der Waals surface area contributed by atoms with Gasteiger partial charge in [-0.2, -0.15) is 0 Å². The molecule has 1 unspecified atom stereocenters. The molecule has 1 saturated heterocycles. The normalized spacial score (nSPS) is 18.4. The lowest BCUT2D eigenvalue weighted by Crippen LogP contribution is -2.09. The first-order valence-electron chi connectivity index (χ1n) is 4.93. The minimum absolute atomic E-state index is 0.0160. The van der Waals surface area contributed by atoms with Gasteiger partial charge in [-0.15, -0.1) is 0 Å². The van der Waals surface area contributed by atoms with Crippen LogP contribution >= 0.6 is 0 Å². The largest absolute Gasteiger partial charge is 0.460 e. The van der Waals surface area contributed by atoms with Gasteiger partial charge in [-0.05, 0) is 6.92 Å². The highest BCUT2D eigenvalue weighted by atomic mass is 16.7. The molecule has 0 aromatic carbocycles. The highest BCUT2D eigenvalue weighted by Gasteiger charge is 2.23. The van der Waals surface area contributed by atoms with Crippen molar-refractivity contribution in [3.05, 3.63) is 12.2 Å². The number of epoxide rings is 1. The third-order valence-corrected chi connectivity index (χ3v) is 1.66. The fourth-order valence-corrected chi connectivity index (χ4v) is 0.755. The van der Waals surface area contributed by atoms with Crippen molar-refractivity contribution in [2.24, 2.45) is 0 Å². The summed E-state index contributed by atoms with van der Waals surface area (Å²) in [6.07, 6.45) is 2.02. The molecule has 6 nitrogen and oxygen atoms in total. The van der Waals surface area contributed by atoms with Crippen LogP contribution in [0, 0.1) is 0 Å². The Morgan fingerprint density at radius 2 is 1.94 bits per heavy atom. The van der Waals surface area contributed by atoms with E-state index in [9.17, 15) is 9.59 Å². The van der Waals surface area contributed by atoms with Crippen LogP contribution in [-0.4, -0.2) is 44.7 Å². The zero-order valence-electron chi connectivity index (χ0n) is 9.01. The minimum atomic E-state index is -0.645. The fraction of sp³-hybridized carbons (Fsp3) is 0.600. The van der Waals surface area contributed by atoms with E-state index in [0.717, 1.165) is 12.2 Å². The maximum atomic E-state index is 11.0. The third-order valence-electron chi connectivity index (χ3n) is 1.66. The van der Waals surface area contributed by atoms with Crippen LogP contribution < -0.4 is 0 Å². The van der Waals surface area contributed by atoms with Gasteiger partial charge in [-0.3, -0.25) is 0 Å². The molecule has 1 fully saturated rings. The third kappa shape index (κ3) is 6.15. The number of esters is 2. The average molecular weight is 230 g/mol. The molecule has 6 heteroatoms. The van der Waals surface area contributed by atoms with Crippen LogP contribution in [0.3, 0.4) is 0 Å². The van der Waals surface area contributed by atoms with E-state index < -0.39 is 11.9 Å². The van der Waals surface area contributed by atoms with E-state index in [1.54, 1.807) is 6.92 Å². The number of hydrogen-bond donors (Lipinski definition) is 0. The molecule has 1 rings (SSSR count). The predicted octanol–water partition coefficient (Wildman–Crippen LogP) is 0.0218. The number of carbonyl (C=O) groups excluding carboxylic acids is 2. The van der Waals surface area contributed by atoms with Crippen molar-refractivity contribution >= 4 is 11.9 Å². The molecule has 0 saturated carbocycles. The average Bonchev–Trinajstić information content (AvgIpc) is 3.08. The minimum Gasteiger partial charge on any atom is -0.460 e. The van der Waals surface area contributed by atoms with Gasteiger partial charge in [0, 0.05) is 18.8 Å². The molecule has 0 radical (unpaired) electrons. The fourth-order valence-electron chi connectivity index (χ4n) is 0.755. The van der Waals surface area contributed by atoms with Crippen LogP contribution in [0.4, 0.5) is 0 Å². The van der Waals surface area contributed by atoms with Crippen LogP contribution in [0.25, 0.3) is 0 Å². The maximum Gasteiger partial charge on any atom is 0.333 e. The highest BCUT2D eigenvalue weighted by Crippen LogP contribution is 2.08. The first-order chi connectivity index (χ1) is 7.72. The van der Waals surface area contributed by atoms with E-state index in [0.29, 0.717) is 13.2 Å². The molecule has 1 aliphatic heterocycles. The second-order valence-electron chi connectivity index (χ2n) is 2.99. The van der Waals surface area contributed by atoms with E-state index in [1.807, 2.05) is 0 Å². The molecule has 0 spiro atoms. The molecule has 0 amide bonds. The summed E-state index contributed by atoms with van der Waals surface area (Å²) in [6, 6.07) is 0. The zero-order chi connectivity index (χ0) is 11.8. The first-order valence-corrected chi connectivity index (χ1v) is 4.93. The van der Waals surface area contributed by atoms with E-state index in [4.69, 9.17) is 14.2 Å². The molecule has 16 heavy (non-hydrogen) atoms. The zero-order valence-corrected chi connectivity index (χ0v) is 9.01. The summed E-state index contributed by atoms with van der Waals surface area (Å²) in [5, 5.41) is 0. The van der Waals surface area contributed by atoms with Crippen LogP contribution in [0.2, 0.25) is 0 Å². The summed E-state index contributed by atoms with van der Waals surface area (Å²) in [6.45, 7) is 2.95. The molecule has 0 bridgehead atoms. The van der Waals surface area contributed by atoms with Gasteiger partial charge in [0.25, 0.3) is 0 Å². The van der Waals surface area contributed by atoms with E-state index >= 15 is 0 Å². The summed E-state index contributed by atoms with van der Waals surface area (Å²) in [4.78, 5) is 22.0. The van der Waals surface area contributed by atoms with Crippen LogP contribution in [0.15, 0.2) is 12.2 Å². The maximum absolute atomic E-state index is 11.0. The van der Waals surface area contributed by atoms with Gasteiger partial charge < -0.3 is 18.9 Å². The SMILES string of the molecule is CCOCOC(=O)/C=C/C(=O)OCC1CO1. The second kappa shape index (κ2) is 6.97. The molecule has 1 atom stereocenters. The van der Waals surface area contributed by atoms with Gasteiger partial charge in [-0.25, -0.2) is 9.59 Å². The summed E-state index contributed by atoms with van der Waals surface area (Å²) in [5.74, 6) is -1.24. The van der Waals surface area contributed by atoms with Gasteiger partial charge in [-0.1, -0.05) is 0 Å². The Morgan fingerprint density at radius 1 is 1.31 bits per heavy atom. The Morgan fingerprint density at radius 3 is 2.50 bits per heavy atom. The standard InChI is InChI=1S/C10H14O6/c1-2-13-7-16-10(12)4-3-9(11)15-6-8-5-14-8/h3-4,8H,2,5-7H2,1H3/b4-3+. The van der Waals surface area contributed by atoms with Gasteiger partial charge in [0.2, 0.25) is 0 Å². The van der Waals surface area contributed by atoms with Crippen molar-refractivity contribution in [3.8, 4) is 0 Å². The quantitative estimate of drug-likeness (QED) is 0.202. The Labute approximate surface area is 93.1 Å². The summed E-state index contributed by atoms with van der Waals surface area (Å²) in [7, 11) is 0. The summed E-state index contributed by atoms with van der Waals surface area (Å²) >= 11 is 0. The lowest BCUT2D eigenvalue weighted by atomic mass is 10.5. The predicted molar refractivity (Wildman–Crippen MR) is 52.4 cm³/mol. The molecular formula is C10H14O6. The lowest BCUT2D eigenvalue weighted by molar-refractivity contribution is -0.150. The Balaban J connectivity index is 2.07. The Kier molecular flexibility index (Phi) is 5.52. The molecule has 0 aromatic heterocycles. The molecule has 0 aliphatic carbocycles. The van der Waals surface area contributed by atoms with Crippen molar-refractivity contribution in [1.82, 2.24) is 0 Å². The first kappa shape index (κ1) is 12.7. The number of hydrogen-bond acceptors (Lipinski definition) is 6. The number of carbonyl (C=O) groups is 2. The van der Waals surface area contributed by atoms with Gasteiger partial charge in [0.1, 0.15) is 12.7 Å². The van der Waals surface area contributed by atoms with Crippen molar-refractivity contribution in [2.75, 3.05) is 26.6 Å². The molecule has 1 heterocycles. The Hall–Kier alpha value is -1.40. The molecule has 0 aromatic rings. The van der Waals surface area contributed by atoms with E-state index in [-0.39, 0.29) is 19.5 Å². The van der Waals surface area contributed by atoms with Gasteiger partial charge in [0.15, 0.2) is 6.79 Å². The molecule has 0 N–H and O–H groups in total. The highest BCUT2D eigenvalue weighted by molar-refractivity contribution is 5.91. The van der Waals surface area contributed by atoms with E-state index in [2.05, 4.69) is 4.74 Å². The number of rotatable bonds is 7. The topological polar surface area (TPSA) is 74.4 Å². The van der Waals surface area contributed by atoms with Crippen molar-refractivity contribution in [2.45, 2.75) is 13.0 Å². The monoisotopic (exact) mass is 230 g/mol. The van der Waals surface area contributed by atoms with Gasteiger partial charge >= 0.3 is 11.9 Å². The lowest BCUT2D eigenvalue weighted by Gasteiger charge is -2.00. The van der Waals surface area contributed by atoms with E-state index in [1.165, 1.54) is 0 Å². The number of ether oxygens (including phenoxy) is 4. The van der Waals surface area contributed by atoms with Crippen molar-refractivity contribution in [1.29, 1.82) is 0 Å². The molecule has 1 aliphatic rings. The summed E-state index contributed by atoms with van der Waals surface area (Å²) in [5.41, 5.74) is 0. The molecular weight excluding hydrogens is 216 g/mol. The van der Waals surface area contributed by atoms with Crippen LogP contribution in [0.5, 0.6) is 0 Å². The van der Waals surface area contributed by atoms with Crippen molar-refractivity contribution < 1.29 is 28.5 Å². The molecule has 90 valence electrons. The smallest absolute Gasteiger partial charge is 0.333 e.